The van der Waals surface area contributed by atoms with Gasteiger partial charge in [0.1, 0.15) is 5.82 Å². The zero-order valence-electron chi connectivity index (χ0n) is 9.46. The topological polar surface area (TPSA) is 72.3 Å². The monoisotopic (exact) mass is 225 g/mol. The van der Waals surface area contributed by atoms with Crippen molar-refractivity contribution in [3.63, 3.8) is 0 Å². The fraction of sp³-hybridized carbons (Fsp3) is 0.364. The molecule has 0 aromatic heterocycles. The van der Waals surface area contributed by atoms with Gasteiger partial charge in [-0.3, -0.25) is 4.79 Å². The summed E-state index contributed by atoms with van der Waals surface area (Å²) < 4.78 is 13.6. The van der Waals surface area contributed by atoms with Gasteiger partial charge in [0.05, 0.1) is 11.3 Å². The van der Waals surface area contributed by atoms with Crippen molar-refractivity contribution in [1.82, 2.24) is 0 Å². The number of primary amides is 1. The van der Waals surface area contributed by atoms with E-state index in [1.165, 1.54) is 6.07 Å². The van der Waals surface area contributed by atoms with Crippen LogP contribution in [0.1, 0.15) is 23.7 Å². The highest BCUT2D eigenvalue weighted by Crippen LogP contribution is 2.24. The minimum Gasteiger partial charge on any atom is -0.398 e. The Morgan fingerprint density at radius 2 is 2.12 bits per heavy atom. The molecule has 1 aromatic rings. The molecule has 1 amide bonds. The fourth-order valence-corrected chi connectivity index (χ4v) is 1.54. The quantitative estimate of drug-likeness (QED) is 0.760. The van der Waals surface area contributed by atoms with Gasteiger partial charge in [-0.1, -0.05) is 6.92 Å². The van der Waals surface area contributed by atoms with Crippen LogP contribution >= 0.6 is 0 Å². The molecule has 0 aliphatic heterocycles. The summed E-state index contributed by atoms with van der Waals surface area (Å²) in [6, 6.07) is 2.52. The first-order valence-electron chi connectivity index (χ1n) is 5.07. The molecule has 0 heterocycles. The SMILES string of the molecule is CCCN(C)c1cc(C(N)=O)c(N)cc1F. The Balaban J connectivity index is 3.19. The van der Waals surface area contributed by atoms with Crippen LogP contribution in [0, 0.1) is 5.82 Å². The van der Waals surface area contributed by atoms with E-state index in [1.807, 2.05) is 6.92 Å². The first-order chi connectivity index (χ1) is 7.47. The molecule has 0 unspecified atom stereocenters. The lowest BCUT2D eigenvalue weighted by Crippen LogP contribution is -2.21. The molecule has 0 saturated heterocycles. The van der Waals surface area contributed by atoms with E-state index in [0.29, 0.717) is 12.2 Å². The number of nitrogen functional groups attached to an aromatic ring is 1. The van der Waals surface area contributed by atoms with Crippen LogP contribution in [0.2, 0.25) is 0 Å². The lowest BCUT2D eigenvalue weighted by atomic mass is 10.1. The number of halogens is 1. The number of carbonyl (C=O) groups is 1. The van der Waals surface area contributed by atoms with E-state index in [-0.39, 0.29) is 11.3 Å². The zero-order valence-corrected chi connectivity index (χ0v) is 9.46. The molecule has 0 fully saturated rings. The van der Waals surface area contributed by atoms with Gasteiger partial charge in [-0.2, -0.15) is 0 Å². The standard InChI is InChI=1S/C11H16FN3O/c1-3-4-15(2)10-5-7(11(14)16)9(13)6-8(10)12/h5-6H,3-4,13H2,1-2H3,(H2,14,16). The molecule has 0 spiro atoms. The Bertz CT molecular complexity index is 406. The lowest BCUT2D eigenvalue weighted by Gasteiger charge is -2.20. The van der Waals surface area contributed by atoms with Crippen molar-refractivity contribution in [3.05, 3.63) is 23.5 Å². The van der Waals surface area contributed by atoms with Crippen molar-refractivity contribution in [1.29, 1.82) is 0 Å². The fourth-order valence-electron chi connectivity index (χ4n) is 1.54. The Labute approximate surface area is 94.0 Å². The predicted molar refractivity (Wildman–Crippen MR) is 62.9 cm³/mol. The molecule has 0 saturated carbocycles. The summed E-state index contributed by atoms with van der Waals surface area (Å²) in [6.07, 6.45) is 0.881. The molecule has 0 bridgehead atoms. The Kier molecular flexibility index (Phi) is 3.71. The minimum atomic E-state index is -0.649. The van der Waals surface area contributed by atoms with Crippen LogP contribution in [0.5, 0.6) is 0 Å². The third kappa shape index (κ3) is 2.42. The number of carbonyl (C=O) groups excluding carboxylic acids is 1. The van der Waals surface area contributed by atoms with E-state index < -0.39 is 11.7 Å². The summed E-state index contributed by atoms with van der Waals surface area (Å²) in [5, 5.41) is 0. The maximum absolute atomic E-state index is 13.6. The highest BCUT2D eigenvalue weighted by atomic mass is 19.1. The van der Waals surface area contributed by atoms with Crippen molar-refractivity contribution >= 4 is 17.3 Å². The van der Waals surface area contributed by atoms with E-state index in [2.05, 4.69) is 0 Å². The van der Waals surface area contributed by atoms with E-state index in [1.54, 1.807) is 11.9 Å². The summed E-state index contributed by atoms with van der Waals surface area (Å²) in [4.78, 5) is 12.8. The summed E-state index contributed by atoms with van der Waals surface area (Å²) in [7, 11) is 1.75. The molecule has 4 nitrogen and oxygen atoms in total. The number of anilines is 2. The van der Waals surface area contributed by atoms with E-state index in [0.717, 1.165) is 12.5 Å². The van der Waals surface area contributed by atoms with E-state index in [9.17, 15) is 9.18 Å². The van der Waals surface area contributed by atoms with E-state index >= 15 is 0 Å². The largest absolute Gasteiger partial charge is 0.398 e. The minimum absolute atomic E-state index is 0.0682. The van der Waals surface area contributed by atoms with Crippen LogP contribution in [-0.2, 0) is 0 Å². The molecule has 88 valence electrons. The summed E-state index contributed by atoms with van der Waals surface area (Å²) in [5.74, 6) is -1.10. The maximum Gasteiger partial charge on any atom is 0.250 e. The Morgan fingerprint density at radius 3 is 2.62 bits per heavy atom. The number of amides is 1. The molecular weight excluding hydrogens is 209 g/mol. The molecule has 1 rings (SSSR count). The van der Waals surface area contributed by atoms with Gasteiger partial charge in [-0.05, 0) is 18.6 Å². The highest BCUT2D eigenvalue weighted by molar-refractivity contribution is 5.99. The third-order valence-electron chi connectivity index (χ3n) is 2.35. The number of hydrogen-bond donors (Lipinski definition) is 2. The van der Waals surface area contributed by atoms with Gasteiger partial charge in [-0.25, -0.2) is 4.39 Å². The third-order valence-corrected chi connectivity index (χ3v) is 2.35. The van der Waals surface area contributed by atoms with Crippen LogP contribution in [0.3, 0.4) is 0 Å². The molecule has 0 aliphatic carbocycles. The molecular formula is C11H16FN3O. The number of nitrogens with zero attached hydrogens (tertiary/aromatic N) is 1. The number of nitrogens with two attached hydrogens (primary N) is 2. The average molecular weight is 225 g/mol. The van der Waals surface area contributed by atoms with Gasteiger partial charge in [0.25, 0.3) is 5.91 Å². The summed E-state index contributed by atoms with van der Waals surface area (Å²) in [6.45, 7) is 2.68. The number of benzene rings is 1. The molecule has 5 heteroatoms. The molecule has 0 atom stereocenters. The molecule has 0 radical (unpaired) electrons. The molecule has 4 N–H and O–H groups in total. The first kappa shape index (κ1) is 12.3. The summed E-state index contributed by atoms with van der Waals surface area (Å²) in [5.41, 5.74) is 11.2. The van der Waals surface area contributed by atoms with Crippen LogP contribution in [0.25, 0.3) is 0 Å². The van der Waals surface area contributed by atoms with Crippen molar-refractivity contribution in [2.75, 3.05) is 24.2 Å². The smallest absolute Gasteiger partial charge is 0.250 e. The van der Waals surface area contributed by atoms with Crippen molar-refractivity contribution in [3.8, 4) is 0 Å². The van der Waals surface area contributed by atoms with Gasteiger partial charge in [0, 0.05) is 19.3 Å². The van der Waals surface area contributed by atoms with Gasteiger partial charge in [0.2, 0.25) is 0 Å². The van der Waals surface area contributed by atoms with Gasteiger partial charge in [-0.15, -0.1) is 0 Å². The second-order valence-corrected chi connectivity index (χ2v) is 3.68. The van der Waals surface area contributed by atoms with Gasteiger partial charge < -0.3 is 16.4 Å². The van der Waals surface area contributed by atoms with Crippen molar-refractivity contribution < 1.29 is 9.18 Å². The second-order valence-electron chi connectivity index (χ2n) is 3.68. The van der Waals surface area contributed by atoms with Crippen LogP contribution in [0.15, 0.2) is 12.1 Å². The van der Waals surface area contributed by atoms with Crippen LogP contribution < -0.4 is 16.4 Å². The molecule has 0 aliphatic rings. The van der Waals surface area contributed by atoms with Crippen LogP contribution in [-0.4, -0.2) is 19.5 Å². The second kappa shape index (κ2) is 4.83. The maximum atomic E-state index is 13.6. The first-order valence-corrected chi connectivity index (χ1v) is 5.07. The Morgan fingerprint density at radius 1 is 1.50 bits per heavy atom. The Hall–Kier alpha value is -1.78. The average Bonchev–Trinajstić information content (AvgIpc) is 2.17. The predicted octanol–water partition coefficient (Wildman–Crippen LogP) is 1.35. The number of hydrogen-bond acceptors (Lipinski definition) is 3. The number of rotatable bonds is 4. The normalized spacial score (nSPS) is 10.2. The van der Waals surface area contributed by atoms with Gasteiger partial charge in [0.15, 0.2) is 0 Å². The van der Waals surface area contributed by atoms with Gasteiger partial charge >= 0.3 is 0 Å². The molecule has 1 aromatic carbocycles. The van der Waals surface area contributed by atoms with Crippen LogP contribution in [0.4, 0.5) is 15.8 Å². The zero-order chi connectivity index (χ0) is 12.3. The lowest BCUT2D eigenvalue weighted by molar-refractivity contribution is 0.100. The van der Waals surface area contributed by atoms with Crippen molar-refractivity contribution in [2.24, 2.45) is 5.73 Å². The molecule has 16 heavy (non-hydrogen) atoms. The highest BCUT2D eigenvalue weighted by Gasteiger charge is 2.14. The summed E-state index contributed by atoms with van der Waals surface area (Å²) >= 11 is 0. The van der Waals surface area contributed by atoms with Crippen molar-refractivity contribution in [2.45, 2.75) is 13.3 Å². The van der Waals surface area contributed by atoms with E-state index in [4.69, 9.17) is 11.5 Å².